The first-order chi connectivity index (χ1) is 16.6. The highest BCUT2D eigenvalue weighted by molar-refractivity contribution is 5.99. The van der Waals surface area contributed by atoms with E-state index < -0.39 is 17.0 Å². The van der Waals surface area contributed by atoms with Crippen LogP contribution in [-0.2, 0) is 19.7 Å². The van der Waals surface area contributed by atoms with Crippen LogP contribution >= 0.6 is 0 Å². The van der Waals surface area contributed by atoms with Crippen LogP contribution in [0.25, 0.3) is 27.5 Å². The molecule has 184 valence electrons. The summed E-state index contributed by atoms with van der Waals surface area (Å²) in [5, 5.41) is 18.9. The van der Waals surface area contributed by atoms with E-state index in [0.29, 0.717) is 26.1 Å². The van der Waals surface area contributed by atoms with Gasteiger partial charge in [-0.15, -0.1) is 0 Å². The van der Waals surface area contributed by atoms with Gasteiger partial charge in [0.1, 0.15) is 5.82 Å². The Labute approximate surface area is 202 Å². The Morgan fingerprint density at radius 2 is 2.09 bits per heavy atom. The highest BCUT2D eigenvalue weighted by Crippen LogP contribution is 2.45. The standard InChI is InChI=1S/C27H30FN3O4/c1-26(2,15-34-4)24-23(16-9-10-27(3,25(32)33)35-14-16)20-12-21-17(13-29-30-21)11-22(20)31(24)19-7-5-18(28)6-8-19/h5-8,11-13,16H,9-10,14-15H2,1-4H3,(H,29,30)(H,32,33)/t16?,27-/m1/s1. The van der Waals surface area contributed by atoms with Crippen LogP contribution in [0.2, 0.25) is 0 Å². The van der Waals surface area contributed by atoms with Crippen molar-refractivity contribution in [2.24, 2.45) is 0 Å². The maximum Gasteiger partial charge on any atom is 0.335 e. The van der Waals surface area contributed by atoms with Gasteiger partial charge in [-0.05, 0) is 61.7 Å². The Morgan fingerprint density at radius 1 is 1.34 bits per heavy atom. The number of H-pyrrole nitrogens is 1. The molecule has 1 aliphatic heterocycles. The lowest BCUT2D eigenvalue weighted by atomic mass is 9.79. The van der Waals surface area contributed by atoms with Crippen LogP contribution in [0.5, 0.6) is 0 Å². The summed E-state index contributed by atoms with van der Waals surface area (Å²) in [4.78, 5) is 11.8. The highest BCUT2D eigenvalue weighted by atomic mass is 19.1. The number of carbonyl (C=O) groups is 1. The van der Waals surface area contributed by atoms with Gasteiger partial charge in [0, 0.05) is 40.6 Å². The second-order valence-electron chi connectivity index (χ2n) is 10.3. The number of nitrogens with zero attached hydrogens (tertiary/aromatic N) is 2. The van der Waals surface area contributed by atoms with Crippen molar-refractivity contribution in [2.45, 2.75) is 50.5 Å². The number of halogens is 1. The van der Waals surface area contributed by atoms with Crippen molar-refractivity contribution in [1.29, 1.82) is 0 Å². The van der Waals surface area contributed by atoms with E-state index in [1.165, 1.54) is 12.1 Å². The topological polar surface area (TPSA) is 89.4 Å². The molecule has 5 rings (SSSR count). The van der Waals surface area contributed by atoms with Gasteiger partial charge in [0.2, 0.25) is 0 Å². The van der Waals surface area contributed by atoms with Gasteiger partial charge in [-0.3, -0.25) is 5.10 Å². The molecule has 2 aromatic heterocycles. The number of methoxy groups -OCH3 is 1. The summed E-state index contributed by atoms with van der Waals surface area (Å²) in [5.74, 6) is -1.25. The number of rotatable bonds is 6. The molecular formula is C27H30FN3O4. The van der Waals surface area contributed by atoms with Crippen molar-refractivity contribution in [1.82, 2.24) is 14.8 Å². The molecule has 8 heteroatoms. The smallest absolute Gasteiger partial charge is 0.335 e. The minimum absolute atomic E-state index is 0.0156. The number of aliphatic carboxylic acids is 1. The molecule has 1 unspecified atom stereocenters. The lowest BCUT2D eigenvalue weighted by Gasteiger charge is -2.36. The summed E-state index contributed by atoms with van der Waals surface area (Å²) in [6.45, 7) is 6.66. The number of aromatic amines is 1. The Hall–Kier alpha value is -3.23. The fraction of sp³-hybridized carbons (Fsp3) is 0.407. The fourth-order valence-corrected chi connectivity index (χ4v) is 5.40. The predicted molar refractivity (Wildman–Crippen MR) is 132 cm³/mol. The van der Waals surface area contributed by atoms with E-state index in [2.05, 4.69) is 40.7 Å². The number of hydrogen-bond acceptors (Lipinski definition) is 4. The van der Waals surface area contributed by atoms with Gasteiger partial charge < -0.3 is 19.1 Å². The molecule has 2 atom stereocenters. The number of ether oxygens (including phenoxy) is 2. The quantitative estimate of drug-likeness (QED) is 0.391. The van der Waals surface area contributed by atoms with E-state index in [1.807, 2.05) is 0 Å². The lowest BCUT2D eigenvalue weighted by molar-refractivity contribution is -0.170. The zero-order valence-corrected chi connectivity index (χ0v) is 20.4. The molecule has 7 nitrogen and oxygen atoms in total. The van der Waals surface area contributed by atoms with Gasteiger partial charge in [-0.2, -0.15) is 5.10 Å². The van der Waals surface area contributed by atoms with Crippen LogP contribution in [0.15, 0.2) is 42.6 Å². The minimum atomic E-state index is -1.19. The van der Waals surface area contributed by atoms with Crippen LogP contribution in [0.3, 0.4) is 0 Å². The van der Waals surface area contributed by atoms with Gasteiger partial charge in [0.15, 0.2) is 5.60 Å². The molecule has 0 radical (unpaired) electrons. The van der Waals surface area contributed by atoms with E-state index in [-0.39, 0.29) is 11.7 Å². The maximum absolute atomic E-state index is 13.9. The van der Waals surface area contributed by atoms with Crippen LogP contribution in [0.1, 0.15) is 50.8 Å². The van der Waals surface area contributed by atoms with E-state index in [4.69, 9.17) is 9.47 Å². The maximum atomic E-state index is 13.9. The predicted octanol–water partition coefficient (Wildman–Crippen LogP) is 5.31. The first kappa shape index (κ1) is 23.5. The number of carboxylic acid groups (broad SMARTS) is 1. The highest BCUT2D eigenvalue weighted by Gasteiger charge is 2.42. The van der Waals surface area contributed by atoms with Crippen LogP contribution < -0.4 is 0 Å². The Balaban J connectivity index is 1.80. The average Bonchev–Trinajstić information content (AvgIpc) is 3.41. The molecular weight excluding hydrogens is 449 g/mol. The summed E-state index contributed by atoms with van der Waals surface area (Å²) in [7, 11) is 1.68. The van der Waals surface area contributed by atoms with Crippen molar-refractivity contribution >= 4 is 27.8 Å². The van der Waals surface area contributed by atoms with Crippen molar-refractivity contribution < 1.29 is 23.8 Å². The van der Waals surface area contributed by atoms with E-state index in [9.17, 15) is 14.3 Å². The lowest BCUT2D eigenvalue weighted by Crippen LogP contribution is -2.43. The van der Waals surface area contributed by atoms with Crippen molar-refractivity contribution in [3.05, 3.63) is 59.7 Å². The molecule has 1 aliphatic rings. The number of fused-ring (bicyclic) bond motifs is 2. The van der Waals surface area contributed by atoms with E-state index >= 15 is 0 Å². The number of carboxylic acids is 1. The average molecular weight is 480 g/mol. The Bertz CT molecular complexity index is 1400. The molecule has 0 bridgehead atoms. The normalized spacial score (nSPS) is 21.1. The molecule has 1 saturated heterocycles. The van der Waals surface area contributed by atoms with E-state index in [0.717, 1.165) is 38.8 Å². The van der Waals surface area contributed by atoms with Crippen molar-refractivity contribution in [3.8, 4) is 5.69 Å². The van der Waals surface area contributed by atoms with Crippen molar-refractivity contribution in [2.75, 3.05) is 20.3 Å². The number of benzene rings is 2. The van der Waals surface area contributed by atoms with Crippen LogP contribution in [0.4, 0.5) is 4.39 Å². The molecule has 0 spiro atoms. The third kappa shape index (κ3) is 3.90. The monoisotopic (exact) mass is 479 g/mol. The number of hydrogen-bond donors (Lipinski definition) is 2. The molecule has 1 fully saturated rings. The zero-order valence-electron chi connectivity index (χ0n) is 20.4. The Kier molecular flexibility index (Phi) is 5.68. The third-order valence-electron chi connectivity index (χ3n) is 7.23. The zero-order chi connectivity index (χ0) is 25.0. The van der Waals surface area contributed by atoms with Gasteiger partial charge in [0.05, 0.1) is 30.4 Å². The largest absolute Gasteiger partial charge is 0.479 e. The molecule has 0 saturated carbocycles. The number of aromatic nitrogens is 3. The number of nitrogens with one attached hydrogen (secondary N) is 1. The molecule has 2 aromatic carbocycles. The second kappa shape index (κ2) is 8.46. The Morgan fingerprint density at radius 3 is 2.71 bits per heavy atom. The summed E-state index contributed by atoms with van der Waals surface area (Å²) in [6.07, 6.45) is 2.87. The first-order valence-electron chi connectivity index (χ1n) is 11.8. The molecule has 0 aliphatic carbocycles. The summed E-state index contributed by atoms with van der Waals surface area (Å²) >= 11 is 0. The van der Waals surface area contributed by atoms with Crippen LogP contribution in [-0.4, -0.2) is 51.8 Å². The second-order valence-corrected chi connectivity index (χ2v) is 10.3. The van der Waals surface area contributed by atoms with Gasteiger partial charge in [0.25, 0.3) is 0 Å². The van der Waals surface area contributed by atoms with Crippen molar-refractivity contribution in [3.63, 3.8) is 0 Å². The molecule has 4 aromatic rings. The van der Waals surface area contributed by atoms with Gasteiger partial charge in [-0.25, -0.2) is 9.18 Å². The van der Waals surface area contributed by atoms with E-state index in [1.54, 1.807) is 32.4 Å². The minimum Gasteiger partial charge on any atom is -0.479 e. The summed E-state index contributed by atoms with van der Waals surface area (Å²) in [6, 6.07) is 10.7. The third-order valence-corrected chi connectivity index (χ3v) is 7.23. The van der Waals surface area contributed by atoms with Gasteiger partial charge >= 0.3 is 5.97 Å². The fourth-order valence-electron chi connectivity index (χ4n) is 5.40. The molecule has 3 heterocycles. The SMILES string of the molecule is COCC(C)(C)c1c(C2CC[C@](C)(C(=O)O)OC2)c2cc3[nH]ncc3cc2n1-c1ccc(F)cc1. The van der Waals surface area contributed by atoms with Crippen LogP contribution in [0, 0.1) is 5.82 Å². The summed E-state index contributed by atoms with van der Waals surface area (Å²) < 4.78 is 27.6. The molecule has 0 amide bonds. The summed E-state index contributed by atoms with van der Waals surface area (Å²) in [5.41, 5.74) is 3.30. The molecule has 35 heavy (non-hydrogen) atoms. The first-order valence-corrected chi connectivity index (χ1v) is 11.8. The van der Waals surface area contributed by atoms with Gasteiger partial charge in [-0.1, -0.05) is 13.8 Å². The molecule has 2 N–H and O–H groups in total.